The van der Waals surface area contributed by atoms with Gasteiger partial charge in [0.15, 0.2) is 0 Å². The third kappa shape index (κ3) is 3.05. The molecule has 108 valence electrons. The van der Waals surface area contributed by atoms with Crippen LogP contribution in [0.4, 0.5) is 4.39 Å². The monoisotopic (exact) mass is 412 g/mol. The van der Waals surface area contributed by atoms with Crippen LogP contribution in [-0.2, 0) is 6.42 Å². The molecule has 0 fully saturated rings. The van der Waals surface area contributed by atoms with Gasteiger partial charge in [0.05, 0.1) is 4.47 Å². The summed E-state index contributed by atoms with van der Waals surface area (Å²) in [5.41, 5.74) is 1.13. The van der Waals surface area contributed by atoms with Crippen LogP contribution in [0.2, 0.25) is 0 Å². The summed E-state index contributed by atoms with van der Waals surface area (Å²) in [7, 11) is 0. The van der Waals surface area contributed by atoms with E-state index < -0.39 is 6.10 Å². The van der Waals surface area contributed by atoms with Crippen molar-refractivity contribution in [3.8, 4) is 0 Å². The zero-order chi connectivity index (χ0) is 15.0. The zero-order valence-corrected chi connectivity index (χ0v) is 14.0. The van der Waals surface area contributed by atoms with E-state index in [4.69, 9.17) is 4.42 Å². The SMILES string of the molecule is OC(Cc1ccc(Br)cc1F)c1cc2cccc(Br)c2o1. The van der Waals surface area contributed by atoms with Crippen molar-refractivity contribution in [2.45, 2.75) is 12.5 Å². The Bertz CT molecular complexity index is 798. The number of rotatable bonds is 3. The predicted octanol–water partition coefficient (Wildman–Crippen LogP) is 5.37. The number of hydrogen-bond acceptors (Lipinski definition) is 2. The summed E-state index contributed by atoms with van der Waals surface area (Å²) in [6.45, 7) is 0. The minimum absolute atomic E-state index is 0.163. The first-order chi connectivity index (χ1) is 10.0. The minimum atomic E-state index is -0.889. The van der Waals surface area contributed by atoms with E-state index in [9.17, 15) is 9.50 Å². The Morgan fingerprint density at radius 3 is 2.67 bits per heavy atom. The fourth-order valence-electron chi connectivity index (χ4n) is 2.21. The number of hydrogen-bond donors (Lipinski definition) is 1. The van der Waals surface area contributed by atoms with Crippen LogP contribution in [0.25, 0.3) is 11.0 Å². The van der Waals surface area contributed by atoms with Crippen molar-refractivity contribution in [1.82, 2.24) is 0 Å². The smallest absolute Gasteiger partial charge is 0.148 e. The third-order valence-electron chi connectivity index (χ3n) is 3.27. The average molecular weight is 414 g/mol. The second-order valence-electron chi connectivity index (χ2n) is 4.76. The number of aliphatic hydroxyl groups is 1. The largest absolute Gasteiger partial charge is 0.457 e. The number of furan rings is 1. The number of benzene rings is 2. The quantitative estimate of drug-likeness (QED) is 0.625. The lowest BCUT2D eigenvalue weighted by Crippen LogP contribution is -2.02. The highest BCUT2D eigenvalue weighted by atomic mass is 79.9. The van der Waals surface area contributed by atoms with Crippen LogP contribution >= 0.6 is 31.9 Å². The van der Waals surface area contributed by atoms with Crippen molar-refractivity contribution in [2.24, 2.45) is 0 Å². The van der Waals surface area contributed by atoms with Gasteiger partial charge >= 0.3 is 0 Å². The van der Waals surface area contributed by atoms with Gasteiger partial charge in [-0.15, -0.1) is 0 Å². The lowest BCUT2D eigenvalue weighted by atomic mass is 10.1. The molecule has 0 bridgehead atoms. The first-order valence-electron chi connectivity index (χ1n) is 6.34. The Morgan fingerprint density at radius 2 is 1.95 bits per heavy atom. The second kappa shape index (κ2) is 5.91. The van der Waals surface area contributed by atoms with Crippen LogP contribution in [0.3, 0.4) is 0 Å². The van der Waals surface area contributed by atoms with Crippen LogP contribution in [0.5, 0.6) is 0 Å². The van der Waals surface area contributed by atoms with E-state index in [0.29, 0.717) is 21.4 Å². The van der Waals surface area contributed by atoms with Crippen molar-refractivity contribution in [3.63, 3.8) is 0 Å². The van der Waals surface area contributed by atoms with Gasteiger partial charge in [0.2, 0.25) is 0 Å². The summed E-state index contributed by atoms with van der Waals surface area (Å²) in [5, 5.41) is 11.2. The van der Waals surface area contributed by atoms with Gasteiger partial charge in [-0.05, 0) is 45.8 Å². The molecule has 2 aromatic carbocycles. The molecule has 21 heavy (non-hydrogen) atoms. The molecule has 0 spiro atoms. The molecule has 1 unspecified atom stereocenters. The molecule has 0 amide bonds. The Morgan fingerprint density at radius 1 is 1.14 bits per heavy atom. The lowest BCUT2D eigenvalue weighted by molar-refractivity contribution is 0.151. The third-order valence-corrected chi connectivity index (χ3v) is 4.39. The van der Waals surface area contributed by atoms with Crippen LogP contribution < -0.4 is 0 Å². The maximum absolute atomic E-state index is 13.8. The summed E-state index contributed by atoms with van der Waals surface area (Å²) in [6, 6.07) is 12.2. The summed E-state index contributed by atoms with van der Waals surface area (Å²) in [5.74, 6) is 0.0833. The molecule has 0 aliphatic rings. The molecule has 3 aromatic rings. The predicted molar refractivity (Wildman–Crippen MR) is 86.7 cm³/mol. The topological polar surface area (TPSA) is 33.4 Å². The number of aliphatic hydroxyl groups excluding tert-OH is 1. The normalized spacial score (nSPS) is 12.8. The van der Waals surface area contributed by atoms with E-state index in [1.54, 1.807) is 18.2 Å². The van der Waals surface area contributed by atoms with Gasteiger partial charge in [0.1, 0.15) is 23.3 Å². The maximum Gasteiger partial charge on any atom is 0.148 e. The molecule has 0 aliphatic carbocycles. The number of fused-ring (bicyclic) bond motifs is 1. The fraction of sp³-hybridized carbons (Fsp3) is 0.125. The Labute approximate surface area is 137 Å². The van der Waals surface area contributed by atoms with Gasteiger partial charge in [0, 0.05) is 16.3 Å². The molecule has 0 aliphatic heterocycles. The van der Waals surface area contributed by atoms with Crippen LogP contribution in [0.15, 0.2) is 55.8 Å². The lowest BCUT2D eigenvalue weighted by Gasteiger charge is -2.08. The average Bonchev–Trinajstić information content (AvgIpc) is 2.87. The first-order valence-corrected chi connectivity index (χ1v) is 7.93. The molecule has 1 aromatic heterocycles. The molecule has 1 atom stereocenters. The second-order valence-corrected chi connectivity index (χ2v) is 6.53. The zero-order valence-electron chi connectivity index (χ0n) is 10.8. The molecule has 0 radical (unpaired) electrons. The number of para-hydroxylation sites is 1. The van der Waals surface area contributed by atoms with Crippen LogP contribution in [0, 0.1) is 5.82 Å². The van der Waals surface area contributed by atoms with Crippen molar-refractivity contribution in [2.75, 3.05) is 0 Å². The van der Waals surface area contributed by atoms with Gasteiger partial charge in [0.25, 0.3) is 0 Å². The van der Waals surface area contributed by atoms with Gasteiger partial charge in [-0.2, -0.15) is 0 Å². The maximum atomic E-state index is 13.8. The molecule has 5 heteroatoms. The van der Waals surface area contributed by atoms with E-state index in [1.807, 2.05) is 18.2 Å². The molecule has 1 heterocycles. The molecule has 3 rings (SSSR count). The van der Waals surface area contributed by atoms with Gasteiger partial charge in [-0.25, -0.2) is 4.39 Å². The van der Waals surface area contributed by atoms with E-state index >= 15 is 0 Å². The van der Waals surface area contributed by atoms with Crippen LogP contribution in [-0.4, -0.2) is 5.11 Å². The van der Waals surface area contributed by atoms with Crippen LogP contribution in [0.1, 0.15) is 17.4 Å². The molecular formula is C16H11Br2FO2. The molecule has 0 saturated carbocycles. The molecule has 1 N–H and O–H groups in total. The first kappa shape index (κ1) is 14.8. The Balaban J connectivity index is 1.90. The minimum Gasteiger partial charge on any atom is -0.457 e. The van der Waals surface area contributed by atoms with Gasteiger partial charge in [-0.3, -0.25) is 0 Å². The summed E-state index contributed by atoms with van der Waals surface area (Å²) in [6.07, 6.45) is -0.726. The van der Waals surface area contributed by atoms with Crippen molar-refractivity contribution < 1.29 is 13.9 Å². The van der Waals surface area contributed by atoms with Crippen molar-refractivity contribution in [3.05, 3.63) is 68.6 Å². The molecular weight excluding hydrogens is 403 g/mol. The summed E-state index contributed by atoms with van der Waals surface area (Å²) < 4.78 is 21.0. The van der Waals surface area contributed by atoms with Crippen molar-refractivity contribution in [1.29, 1.82) is 0 Å². The highest BCUT2D eigenvalue weighted by Gasteiger charge is 2.17. The van der Waals surface area contributed by atoms with E-state index in [2.05, 4.69) is 31.9 Å². The van der Waals surface area contributed by atoms with Gasteiger partial charge in [-0.1, -0.05) is 34.1 Å². The van der Waals surface area contributed by atoms with Crippen molar-refractivity contribution >= 4 is 42.8 Å². The van der Waals surface area contributed by atoms with E-state index in [1.165, 1.54) is 6.07 Å². The molecule has 2 nitrogen and oxygen atoms in total. The standard InChI is InChI=1S/C16H11Br2FO2/c17-11-5-4-9(13(19)8-11)6-14(20)15-7-10-2-1-3-12(18)16(10)21-15/h1-5,7-8,14,20H,6H2. The highest BCUT2D eigenvalue weighted by molar-refractivity contribution is 9.11. The number of halogens is 3. The fourth-order valence-corrected chi connectivity index (χ4v) is 3.00. The Kier molecular flexibility index (Phi) is 4.15. The summed E-state index contributed by atoms with van der Waals surface area (Å²) in [4.78, 5) is 0. The van der Waals surface area contributed by atoms with E-state index in [-0.39, 0.29) is 12.2 Å². The highest BCUT2D eigenvalue weighted by Crippen LogP contribution is 2.31. The molecule has 0 saturated heterocycles. The van der Waals surface area contributed by atoms with E-state index in [0.717, 1.165) is 9.86 Å². The Hall–Kier alpha value is -1.17. The van der Waals surface area contributed by atoms with Gasteiger partial charge < -0.3 is 9.52 Å². The summed E-state index contributed by atoms with van der Waals surface area (Å²) >= 11 is 6.62.